The van der Waals surface area contributed by atoms with Gasteiger partial charge in [-0.1, -0.05) is 37.5 Å². The van der Waals surface area contributed by atoms with Gasteiger partial charge in [-0.25, -0.2) is 13.1 Å². The number of sulfonamides is 1. The van der Waals surface area contributed by atoms with E-state index in [9.17, 15) is 13.2 Å². The van der Waals surface area contributed by atoms with E-state index in [1.807, 2.05) is 0 Å². The van der Waals surface area contributed by atoms with Crippen LogP contribution in [0.25, 0.3) is 0 Å². The Morgan fingerprint density at radius 3 is 2.35 bits per heavy atom. The Morgan fingerprint density at radius 1 is 1.15 bits per heavy atom. The number of benzene rings is 1. The van der Waals surface area contributed by atoms with E-state index < -0.39 is 22.0 Å². The van der Waals surface area contributed by atoms with Crippen LogP contribution in [0, 0.1) is 5.92 Å². The molecule has 0 aliphatic heterocycles. The van der Waals surface area contributed by atoms with Crippen LogP contribution in [-0.4, -0.2) is 20.4 Å². The van der Waals surface area contributed by atoms with Gasteiger partial charge < -0.3 is 5.73 Å². The second-order valence-electron chi connectivity index (χ2n) is 5.21. The van der Waals surface area contributed by atoms with Crippen molar-refractivity contribution in [2.24, 2.45) is 11.7 Å². The largest absolute Gasteiger partial charge is 0.320 e. The molecule has 0 spiro atoms. The van der Waals surface area contributed by atoms with E-state index in [1.54, 1.807) is 18.2 Å². The summed E-state index contributed by atoms with van der Waals surface area (Å²) in [5, 5.41) is 0. The van der Waals surface area contributed by atoms with Crippen molar-refractivity contribution in [3.63, 3.8) is 0 Å². The molecule has 1 aliphatic rings. The number of hydrogen-bond acceptors (Lipinski definition) is 4. The quantitative estimate of drug-likeness (QED) is 0.879. The lowest BCUT2D eigenvalue weighted by atomic mass is 9.84. The van der Waals surface area contributed by atoms with Gasteiger partial charge in [0, 0.05) is 0 Å². The first kappa shape index (κ1) is 15.0. The van der Waals surface area contributed by atoms with Crippen LogP contribution in [0.3, 0.4) is 0 Å². The lowest BCUT2D eigenvalue weighted by Crippen LogP contribution is -2.47. The summed E-state index contributed by atoms with van der Waals surface area (Å²) >= 11 is 0. The van der Waals surface area contributed by atoms with E-state index in [1.165, 1.54) is 12.1 Å². The summed E-state index contributed by atoms with van der Waals surface area (Å²) in [6, 6.07) is 7.08. The number of amides is 1. The van der Waals surface area contributed by atoms with Crippen LogP contribution in [0.1, 0.15) is 32.1 Å². The van der Waals surface area contributed by atoms with E-state index in [2.05, 4.69) is 4.72 Å². The normalized spacial score (nSPS) is 18.4. The van der Waals surface area contributed by atoms with Crippen LogP contribution in [0.4, 0.5) is 0 Å². The molecule has 1 aliphatic carbocycles. The Kier molecular flexibility index (Phi) is 4.77. The highest BCUT2D eigenvalue weighted by molar-refractivity contribution is 7.90. The summed E-state index contributed by atoms with van der Waals surface area (Å²) in [4.78, 5) is 12.1. The molecule has 0 aromatic heterocycles. The Balaban J connectivity index is 2.03. The van der Waals surface area contributed by atoms with Gasteiger partial charge in [0.25, 0.3) is 15.9 Å². The molecule has 3 N–H and O–H groups in total. The molecule has 1 aromatic rings. The molecule has 2 rings (SSSR count). The second kappa shape index (κ2) is 6.37. The van der Waals surface area contributed by atoms with Crippen LogP contribution >= 0.6 is 0 Å². The van der Waals surface area contributed by atoms with Crippen LogP contribution in [0.2, 0.25) is 0 Å². The molecule has 1 saturated carbocycles. The molecule has 6 heteroatoms. The first-order valence-corrected chi connectivity index (χ1v) is 8.36. The highest BCUT2D eigenvalue weighted by Gasteiger charge is 2.29. The summed E-state index contributed by atoms with van der Waals surface area (Å²) in [6.07, 6.45) is 5.04. The summed E-state index contributed by atoms with van der Waals surface area (Å²) in [6.45, 7) is 0. The van der Waals surface area contributed by atoms with E-state index in [0.29, 0.717) is 0 Å². The highest BCUT2D eigenvalue weighted by atomic mass is 32.2. The third-order valence-electron chi connectivity index (χ3n) is 3.75. The zero-order chi connectivity index (χ0) is 14.6. The molecule has 0 heterocycles. The summed E-state index contributed by atoms with van der Waals surface area (Å²) < 4.78 is 26.2. The smallest absolute Gasteiger partial charge is 0.264 e. The number of rotatable bonds is 4. The maximum absolute atomic E-state index is 12.0. The predicted octanol–water partition coefficient (Wildman–Crippen LogP) is 1.40. The van der Waals surface area contributed by atoms with E-state index in [-0.39, 0.29) is 10.8 Å². The van der Waals surface area contributed by atoms with Crippen molar-refractivity contribution in [1.29, 1.82) is 0 Å². The van der Waals surface area contributed by atoms with E-state index in [4.69, 9.17) is 5.73 Å². The van der Waals surface area contributed by atoms with Crippen molar-refractivity contribution < 1.29 is 13.2 Å². The van der Waals surface area contributed by atoms with Crippen LogP contribution < -0.4 is 10.5 Å². The highest BCUT2D eigenvalue weighted by Crippen LogP contribution is 2.25. The number of hydrogen-bond donors (Lipinski definition) is 2. The fourth-order valence-corrected chi connectivity index (χ4v) is 3.60. The van der Waals surface area contributed by atoms with Crippen molar-refractivity contribution in [3.05, 3.63) is 30.3 Å². The molecule has 20 heavy (non-hydrogen) atoms. The van der Waals surface area contributed by atoms with Crippen molar-refractivity contribution in [1.82, 2.24) is 4.72 Å². The van der Waals surface area contributed by atoms with Gasteiger partial charge in [0.05, 0.1) is 10.9 Å². The topological polar surface area (TPSA) is 89.3 Å². The lowest BCUT2D eigenvalue weighted by Gasteiger charge is -2.26. The Bertz CT molecular complexity index is 551. The van der Waals surface area contributed by atoms with Crippen molar-refractivity contribution in [3.8, 4) is 0 Å². The average Bonchev–Trinajstić information content (AvgIpc) is 2.48. The van der Waals surface area contributed by atoms with Gasteiger partial charge in [0.1, 0.15) is 0 Å². The van der Waals surface area contributed by atoms with Crippen molar-refractivity contribution in [2.75, 3.05) is 0 Å². The third-order valence-corrected chi connectivity index (χ3v) is 5.11. The minimum Gasteiger partial charge on any atom is -0.320 e. The molecular weight excluding hydrogens is 276 g/mol. The molecule has 0 bridgehead atoms. The third kappa shape index (κ3) is 3.58. The number of nitrogens with one attached hydrogen (secondary N) is 1. The molecule has 1 aromatic carbocycles. The van der Waals surface area contributed by atoms with Crippen LogP contribution in [0.5, 0.6) is 0 Å². The van der Waals surface area contributed by atoms with E-state index in [0.717, 1.165) is 32.1 Å². The van der Waals surface area contributed by atoms with Gasteiger partial charge in [0.2, 0.25) is 0 Å². The second-order valence-corrected chi connectivity index (χ2v) is 6.89. The number of nitrogens with two attached hydrogens (primary N) is 1. The molecule has 5 nitrogen and oxygen atoms in total. The lowest BCUT2D eigenvalue weighted by molar-refractivity contribution is -0.122. The predicted molar refractivity (Wildman–Crippen MR) is 76.3 cm³/mol. The van der Waals surface area contributed by atoms with Crippen LogP contribution in [0.15, 0.2) is 35.2 Å². The van der Waals surface area contributed by atoms with E-state index >= 15 is 0 Å². The fraction of sp³-hybridized carbons (Fsp3) is 0.500. The molecule has 0 saturated heterocycles. The zero-order valence-electron chi connectivity index (χ0n) is 11.3. The van der Waals surface area contributed by atoms with Crippen molar-refractivity contribution >= 4 is 15.9 Å². The summed E-state index contributed by atoms with van der Waals surface area (Å²) in [5.74, 6) is -0.532. The maximum atomic E-state index is 12.0. The van der Waals surface area contributed by atoms with Crippen LogP contribution in [-0.2, 0) is 14.8 Å². The maximum Gasteiger partial charge on any atom is 0.264 e. The summed E-state index contributed by atoms with van der Waals surface area (Å²) in [5.41, 5.74) is 5.90. The monoisotopic (exact) mass is 296 g/mol. The average molecular weight is 296 g/mol. The van der Waals surface area contributed by atoms with Gasteiger partial charge in [0.15, 0.2) is 0 Å². The molecule has 0 unspecified atom stereocenters. The van der Waals surface area contributed by atoms with Gasteiger partial charge in [-0.2, -0.15) is 0 Å². The Labute approximate surface area is 119 Å². The standard InChI is InChI=1S/C14H20N2O3S/c15-13(11-7-3-1-4-8-11)14(17)16-20(18,19)12-9-5-2-6-10-12/h2,5-6,9-11,13H,1,3-4,7-8,15H2,(H,16,17)/t13-/m0/s1. The zero-order valence-corrected chi connectivity index (χ0v) is 12.1. The number of carbonyl (C=O) groups excluding carboxylic acids is 1. The minimum atomic E-state index is -3.82. The SMILES string of the molecule is N[C@H](C(=O)NS(=O)(=O)c1ccccc1)C1CCCCC1. The minimum absolute atomic E-state index is 0.0733. The molecule has 0 radical (unpaired) electrons. The van der Waals surface area contributed by atoms with Gasteiger partial charge in [-0.05, 0) is 30.9 Å². The molecule has 1 fully saturated rings. The number of carbonyl (C=O) groups is 1. The Hall–Kier alpha value is -1.40. The van der Waals surface area contributed by atoms with Gasteiger partial charge >= 0.3 is 0 Å². The molecule has 110 valence electrons. The molecule has 1 amide bonds. The Morgan fingerprint density at radius 2 is 1.75 bits per heavy atom. The van der Waals surface area contributed by atoms with Crippen molar-refractivity contribution in [2.45, 2.75) is 43.0 Å². The van der Waals surface area contributed by atoms with Gasteiger partial charge in [-0.3, -0.25) is 4.79 Å². The first-order chi connectivity index (χ1) is 9.50. The first-order valence-electron chi connectivity index (χ1n) is 6.88. The fourth-order valence-electron chi connectivity index (χ4n) is 2.57. The van der Waals surface area contributed by atoms with Gasteiger partial charge in [-0.15, -0.1) is 0 Å². The molecule has 1 atom stereocenters. The summed E-state index contributed by atoms with van der Waals surface area (Å²) in [7, 11) is -3.82. The molecular formula is C14H20N2O3S.